The van der Waals surface area contributed by atoms with Crippen LogP contribution < -0.4 is 4.90 Å². The van der Waals surface area contributed by atoms with Crippen molar-refractivity contribution in [3.05, 3.63) is 23.4 Å². The minimum absolute atomic E-state index is 0.539. The van der Waals surface area contributed by atoms with Gasteiger partial charge in [-0.1, -0.05) is 6.07 Å². The number of nitrogens with zero attached hydrogens (tertiary/aromatic N) is 3. The van der Waals surface area contributed by atoms with Crippen molar-refractivity contribution < 1.29 is 0 Å². The van der Waals surface area contributed by atoms with Gasteiger partial charge in [-0.25, -0.2) is 4.98 Å². The smallest absolute Gasteiger partial charge is 0.128 e. The maximum atomic E-state index is 5.88. The van der Waals surface area contributed by atoms with Gasteiger partial charge in [-0.15, -0.1) is 11.6 Å². The summed E-state index contributed by atoms with van der Waals surface area (Å²) in [6, 6.07) is 4.18. The highest BCUT2D eigenvalue weighted by Gasteiger charge is 2.18. The second-order valence-electron chi connectivity index (χ2n) is 5.67. The van der Waals surface area contributed by atoms with Gasteiger partial charge in [0.2, 0.25) is 0 Å². The van der Waals surface area contributed by atoms with Crippen molar-refractivity contribution in [2.75, 3.05) is 38.6 Å². The lowest BCUT2D eigenvalue weighted by molar-refractivity contribution is 0.222. The zero-order valence-electron chi connectivity index (χ0n) is 12.2. The van der Waals surface area contributed by atoms with Crippen LogP contribution in [0.2, 0.25) is 0 Å². The van der Waals surface area contributed by atoms with Gasteiger partial charge in [-0.3, -0.25) is 0 Å². The van der Waals surface area contributed by atoms with E-state index in [0.717, 1.165) is 29.5 Å². The average molecular weight is 282 g/mol. The summed E-state index contributed by atoms with van der Waals surface area (Å²) in [7, 11) is 4.34. The molecule has 1 aromatic heterocycles. The van der Waals surface area contributed by atoms with Gasteiger partial charge < -0.3 is 9.80 Å². The fourth-order valence-electron chi connectivity index (χ4n) is 2.66. The standard InChI is InChI=1S/C15H24ClN3/c1-12-14(10-16)4-5-15(17-12)19(3)11-13-6-8-18(2)9-7-13/h4-5,13H,6-11H2,1-3H3. The van der Waals surface area contributed by atoms with Gasteiger partial charge in [0.05, 0.1) is 0 Å². The van der Waals surface area contributed by atoms with Crippen molar-refractivity contribution in [3.63, 3.8) is 0 Å². The molecule has 0 N–H and O–H groups in total. The third-order valence-electron chi connectivity index (χ3n) is 4.09. The van der Waals surface area contributed by atoms with E-state index in [1.54, 1.807) is 0 Å². The SMILES string of the molecule is Cc1nc(N(C)CC2CCN(C)CC2)ccc1CCl. The van der Waals surface area contributed by atoms with Crippen LogP contribution >= 0.6 is 11.6 Å². The van der Waals surface area contributed by atoms with Crippen LogP contribution in [0, 0.1) is 12.8 Å². The second kappa shape index (κ2) is 6.58. The first-order chi connectivity index (χ1) is 9.10. The van der Waals surface area contributed by atoms with Gasteiger partial charge in [0, 0.05) is 25.2 Å². The van der Waals surface area contributed by atoms with E-state index in [2.05, 4.69) is 41.0 Å². The number of alkyl halides is 1. The summed E-state index contributed by atoms with van der Waals surface area (Å²) in [4.78, 5) is 9.35. The van der Waals surface area contributed by atoms with E-state index >= 15 is 0 Å². The van der Waals surface area contributed by atoms with Gasteiger partial charge >= 0.3 is 0 Å². The minimum atomic E-state index is 0.539. The summed E-state index contributed by atoms with van der Waals surface area (Å²) < 4.78 is 0. The van der Waals surface area contributed by atoms with Gasteiger partial charge in [-0.2, -0.15) is 0 Å². The number of aryl methyl sites for hydroxylation is 1. The van der Waals surface area contributed by atoms with Crippen molar-refractivity contribution in [1.29, 1.82) is 0 Å². The van der Waals surface area contributed by atoms with Crippen LogP contribution in [-0.4, -0.2) is 43.6 Å². The van der Waals surface area contributed by atoms with E-state index in [9.17, 15) is 0 Å². The van der Waals surface area contributed by atoms with Crippen molar-refractivity contribution >= 4 is 17.4 Å². The molecule has 106 valence electrons. The summed E-state index contributed by atoms with van der Waals surface area (Å²) in [6.45, 7) is 5.57. The van der Waals surface area contributed by atoms with Crippen LogP contribution in [0.25, 0.3) is 0 Å². The molecule has 2 rings (SSSR count). The predicted octanol–water partition coefficient (Wildman–Crippen LogP) is 2.91. The van der Waals surface area contributed by atoms with Gasteiger partial charge in [0.15, 0.2) is 0 Å². The molecule has 1 aliphatic heterocycles. The second-order valence-corrected chi connectivity index (χ2v) is 5.94. The monoisotopic (exact) mass is 281 g/mol. The molecule has 1 aromatic rings. The maximum absolute atomic E-state index is 5.88. The molecule has 0 radical (unpaired) electrons. The fourth-order valence-corrected chi connectivity index (χ4v) is 2.94. The first-order valence-corrected chi connectivity index (χ1v) is 7.55. The number of aromatic nitrogens is 1. The molecule has 0 spiro atoms. The Morgan fingerprint density at radius 3 is 2.63 bits per heavy atom. The summed E-state index contributed by atoms with van der Waals surface area (Å²) in [5.74, 6) is 2.39. The molecule has 0 aromatic carbocycles. The Balaban J connectivity index is 1.96. The quantitative estimate of drug-likeness (QED) is 0.791. The van der Waals surface area contributed by atoms with E-state index in [4.69, 9.17) is 11.6 Å². The Bertz CT molecular complexity index is 414. The molecular formula is C15H24ClN3. The van der Waals surface area contributed by atoms with Crippen LogP contribution in [0.1, 0.15) is 24.1 Å². The molecule has 1 aliphatic rings. The van der Waals surface area contributed by atoms with Gasteiger partial charge in [0.25, 0.3) is 0 Å². The van der Waals surface area contributed by atoms with E-state index in [0.29, 0.717) is 5.88 Å². The van der Waals surface area contributed by atoms with Crippen LogP contribution in [0.5, 0.6) is 0 Å². The predicted molar refractivity (Wildman–Crippen MR) is 82.0 cm³/mol. The van der Waals surface area contributed by atoms with Crippen LogP contribution in [0.3, 0.4) is 0 Å². The highest BCUT2D eigenvalue weighted by molar-refractivity contribution is 6.17. The number of halogens is 1. The van der Waals surface area contributed by atoms with E-state index in [-0.39, 0.29) is 0 Å². The lowest BCUT2D eigenvalue weighted by Gasteiger charge is -2.32. The zero-order chi connectivity index (χ0) is 13.8. The number of hydrogen-bond acceptors (Lipinski definition) is 3. The van der Waals surface area contributed by atoms with E-state index < -0.39 is 0 Å². The zero-order valence-corrected chi connectivity index (χ0v) is 13.0. The number of rotatable bonds is 4. The summed E-state index contributed by atoms with van der Waals surface area (Å²) in [5.41, 5.74) is 2.17. The number of likely N-dealkylation sites (tertiary alicyclic amines) is 1. The summed E-state index contributed by atoms with van der Waals surface area (Å²) in [5, 5.41) is 0. The molecule has 19 heavy (non-hydrogen) atoms. The Labute approximate surface area is 121 Å². The molecular weight excluding hydrogens is 258 g/mol. The summed E-state index contributed by atoms with van der Waals surface area (Å²) >= 11 is 5.88. The lowest BCUT2D eigenvalue weighted by atomic mass is 9.97. The highest BCUT2D eigenvalue weighted by atomic mass is 35.5. The molecule has 1 saturated heterocycles. The number of pyridine rings is 1. The number of anilines is 1. The molecule has 4 heteroatoms. The molecule has 0 bridgehead atoms. The van der Waals surface area contributed by atoms with Crippen molar-refractivity contribution in [3.8, 4) is 0 Å². The van der Waals surface area contributed by atoms with Gasteiger partial charge in [0.1, 0.15) is 5.82 Å². The number of hydrogen-bond donors (Lipinski definition) is 0. The Morgan fingerprint density at radius 2 is 2.05 bits per heavy atom. The topological polar surface area (TPSA) is 19.4 Å². The maximum Gasteiger partial charge on any atom is 0.128 e. The largest absolute Gasteiger partial charge is 0.359 e. The van der Waals surface area contributed by atoms with Gasteiger partial charge in [-0.05, 0) is 57.5 Å². The third-order valence-corrected chi connectivity index (χ3v) is 4.37. The molecule has 0 amide bonds. The third kappa shape index (κ3) is 3.83. The number of piperidine rings is 1. The van der Waals surface area contributed by atoms with Crippen molar-refractivity contribution in [2.45, 2.75) is 25.6 Å². The molecule has 1 fully saturated rings. The molecule has 0 unspecified atom stereocenters. The van der Waals surface area contributed by atoms with E-state index in [1.165, 1.54) is 25.9 Å². The average Bonchev–Trinajstić information content (AvgIpc) is 2.41. The Kier molecular flexibility index (Phi) is 5.06. The first-order valence-electron chi connectivity index (χ1n) is 7.02. The van der Waals surface area contributed by atoms with Crippen molar-refractivity contribution in [1.82, 2.24) is 9.88 Å². The molecule has 3 nitrogen and oxygen atoms in total. The summed E-state index contributed by atoms with van der Waals surface area (Å²) in [6.07, 6.45) is 2.58. The normalized spacial score (nSPS) is 17.7. The lowest BCUT2D eigenvalue weighted by Crippen LogP contribution is -2.36. The minimum Gasteiger partial charge on any atom is -0.359 e. The fraction of sp³-hybridized carbons (Fsp3) is 0.667. The molecule has 0 aliphatic carbocycles. The highest BCUT2D eigenvalue weighted by Crippen LogP contribution is 2.20. The van der Waals surface area contributed by atoms with Crippen LogP contribution in [0.15, 0.2) is 12.1 Å². The molecule has 0 atom stereocenters. The van der Waals surface area contributed by atoms with Crippen LogP contribution in [-0.2, 0) is 5.88 Å². The molecule has 0 saturated carbocycles. The van der Waals surface area contributed by atoms with Crippen molar-refractivity contribution in [2.24, 2.45) is 5.92 Å². The Hall–Kier alpha value is -0.800. The Morgan fingerprint density at radius 1 is 1.37 bits per heavy atom. The first kappa shape index (κ1) is 14.6. The molecule has 2 heterocycles. The van der Waals surface area contributed by atoms with E-state index in [1.807, 2.05) is 6.92 Å². The van der Waals surface area contributed by atoms with Crippen LogP contribution in [0.4, 0.5) is 5.82 Å².